The van der Waals surface area contributed by atoms with Gasteiger partial charge in [-0.15, -0.1) is 0 Å². The van der Waals surface area contributed by atoms with E-state index >= 15 is 0 Å². The van der Waals surface area contributed by atoms with Crippen LogP contribution in [0.4, 0.5) is 13.2 Å². The molecule has 0 aliphatic rings. The fourth-order valence-corrected chi connectivity index (χ4v) is 1.49. The van der Waals surface area contributed by atoms with E-state index < -0.39 is 30.3 Å². The Balaban J connectivity index is 3.14. The van der Waals surface area contributed by atoms with E-state index in [-0.39, 0.29) is 9.26 Å². The third-order valence-electron chi connectivity index (χ3n) is 1.81. The van der Waals surface area contributed by atoms with E-state index in [0.717, 1.165) is 13.2 Å². The SMILES string of the molecule is COC(=O)Cc1cc(F)c(I)nc1C(F)F. The summed E-state index contributed by atoms with van der Waals surface area (Å²) in [6.45, 7) is 0. The number of alkyl halides is 2. The van der Waals surface area contributed by atoms with E-state index in [1.165, 1.54) is 22.6 Å². The molecule has 0 unspecified atom stereocenters. The number of rotatable bonds is 3. The predicted octanol–water partition coefficient (Wildman–Crippen LogP) is 2.48. The first-order valence-corrected chi connectivity index (χ1v) is 5.23. The number of esters is 1. The summed E-state index contributed by atoms with van der Waals surface area (Å²) in [5, 5.41) is 0. The van der Waals surface area contributed by atoms with Crippen molar-refractivity contribution in [1.82, 2.24) is 4.98 Å². The molecule has 1 heterocycles. The molecule has 7 heteroatoms. The maximum absolute atomic E-state index is 13.1. The van der Waals surface area contributed by atoms with E-state index in [1.54, 1.807) is 0 Å². The number of methoxy groups -OCH3 is 1. The average molecular weight is 345 g/mol. The van der Waals surface area contributed by atoms with Gasteiger partial charge in [-0.1, -0.05) is 0 Å². The highest BCUT2D eigenvalue weighted by atomic mass is 127. The van der Waals surface area contributed by atoms with E-state index in [2.05, 4.69) is 9.72 Å². The Morgan fingerprint density at radius 3 is 2.75 bits per heavy atom. The zero-order valence-electron chi connectivity index (χ0n) is 8.14. The Bertz CT molecular complexity index is 412. The summed E-state index contributed by atoms with van der Waals surface area (Å²) in [4.78, 5) is 14.3. The molecule has 1 aromatic rings. The molecule has 0 aromatic carbocycles. The second-order valence-electron chi connectivity index (χ2n) is 2.86. The Hall–Kier alpha value is -0.860. The Kier molecular flexibility index (Phi) is 4.51. The lowest BCUT2D eigenvalue weighted by Gasteiger charge is -2.08. The first-order chi connectivity index (χ1) is 7.45. The van der Waals surface area contributed by atoms with Crippen molar-refractivity contribution in [3.63, 3.8) is 0 Å². The van der Waals surface area contributed by atoms with Gasteiger partial charge in [-0.25, -0.2) is 18.2 Å². The fourth-order valence-electron chi connectivity index (χ4n) is 1.08. The number of halogens is 4. The summed E-state index contributed by atoms with van der Waals surface area (Å²) in [7, 11) is 1.13. The number of aromatic nitrogens is 1. The quantitative estimate of drug-likeness (QED) is 0.480. The number of ether oxygens (including phenoxy) is 1. The van der Waals surface area contributed by atoms with Gasteiger partial charge in [0, 0.05) is 0 Å². The van der Waals surface area contributed by atoms with Crippen LogP contribution in [0, 0.1) is 9.52 Å². The molecule has 1 rings (SSSR count). The Morgan fingerprint density at radius 2 is 2.25 bits per heavy atom. The molecule has 0 atom stereocenters. The van der Waals surface area contributed by atoms with Gasteiger partial charge < -0.3 is 4.74 Å². The van der Waals surface area contributed by atoms with Crippen LogP contribution < -0.4 is 0 Å². The van der Waals surface area contributed by atoms with Crippen LogP contribution in [0.5, 0.6) is 0 Å². The minimum atomic E-state index is -2.85. The van der Waals surface area contributed by atoms with Crippen molar-refractivity contribution in [3.05, 3.63) is 26.8 Å². The van der Waals surface area contributed by atoms with Crippen LogP contribution in [0.1, 0.15) is 17.7 Å². The lowest BCUT2D eigenvalue weighted by molar-refractivity contribution is -0.139. The molecule has 0 bridgehead atoms. The molecule has 0 spiro atoms. The monoisotopic (exact) mass is 345 g/mol. The molecule has 16 heavy (non-hydrogen) atoms. The highest BCUT2D eigenvalue weighted by molar-refractivity contribution is 14.1. The highest BCUT2D eigenvalue weighted by Crippen LogP contribution is 2.24. The maximum Gasteiger partial charge on any atom is 0.310 e. The third kappa shape index (κ3) is 3.06. The molecule has 0 aliphatic heterocycles. The third-order valence-corrected chi connectivity index (χ3v) is 2.57. The average Bonchev–Trinajstić information content (AvgIpc) is 2.22. The summed E-state index contributed by atoms with van der Waals surface area (Å²) in [5.74, 6) is -1.45. The molecule has 0 saturated carbocycles. The minimum Gasteiger partial charge on any atom is -0.469 e. The summed E-state index contributed by atoms with van der Waals surface area (Å²) in [6.07, 6.45) is -3.27. The number of hydrogen-bond donors (Lipinski definition) is 0. The largest absolute Gasteiger partial charge is 0.469 e. The minimum absolute atomic E-state index is 0.151. The number of carbonyl (C=O) groups is 1. The molecular formula is C9H7F3INO2. The van der Waals surface area contributed by atoms with Crippen molar-refractivity contribution in [1.29, 1.82) is 0 Å². The van der Waals surface area contributed by atoms with Gasteiger partial charge in [0.1, 0.15) is 9.39 Å². The predicted molar refractivity (Wildman–Crippen MR) is 57.6 cm³/mol. The molecule has 0 aliphatic carbocycles. The molecule has 0 N–H and O–H groups in total. The standard InChI is InChI=1S/C9H7F3INO2/c1-16-6(15)3-4-2-5(10)9(13)14-7(4)8(11)12/h2,8H,3H2,1H3. The van der Waals surface area contributed by atoms with Gasteiger partial charge in [-0.3, -0.25) is 4.79 Å². The lowest BCUT2D eigenvalue weighted by Crippen LogP contribution is -2.10. The zero-order valence-corrected chi connectivity index (χ0v) is 10.3. The molecule has 88 valence electrons. The van der Waals surface area contributed by atoms with Crippen LogP contribution >= 0.6 is 22.6 Å². The van der Waals surface area contributed by atoms with Gasteiger partial charge in [-0.2, -0.15) is 0 Å². The van der Waals surface area contributed by atoms with Crippen LogP contribution in [-0.2, 0) is 16.0 Å². The van der Waals surface area contributed by atoms with Crippen LogP contribution in [-0.4, -0.2) is 18.1 Å². The topological polar surface area (TPSA) is 39.2 Å². The first-order valence-electron chi connectivity index (χ1n) is 4.15. The van der Waals surface area contributed by atoms with Crippen LogP contribution in [0.15, 0.2) is 6.07 Å². The van der Waals surface area contributed by atoms with Crippen molar-refractivity contribution in [2.45, 2.75) is 12.8 Å². The van der Waals surface area contributed by atoms with E-state index in [0.29, 0.717) is 0 Å². The Labute approximate surface area is 103 Å². The van der Waals surface area contributed by atoms with Crippen LogP contribution in [0.25, 0.3) is 0 Å². The molecular weight excluding hydrogens is 338 g/mol. The van der Waals surface area contributed by atoms with E-state index in [9.17, 15) is 18.0 Å². The van der Waals surface area contributed by atoms with Crippen LogP contribution in [0.3, 0.4) is 0 Å². The molecule has 0 saturated heterocycles. The van der Waals surface area contributed by atoms with Gasteiger partial charge in [0.15, 0.2) is 5.82 Å². The van der Waals surface area contributed by atoms with Crippen molar-refractivity contribution < 1.29 is 22.7 Å². The van der Waals surface area contributed by atoms with E-state index in [4.69, 9.17) is 0 Å². The number of carbonyl (C=O) groups excluding carboxylic acids is 1. The maximum atomic E-state index is 13.1. The Morgan fingerprint density at radius 1 is 1.62 bits per heavy atom. The molecule has 1 aromatic heterocycles. The zero-order chi connectivity index (χ0) is 12.3. The van der Waals surface area contributed by atoms with Gasteiger partial charge in [-0.05, 0) is 34.2 Å². The molecule has 0 amide bonds. The second kappa shape index (κ2) is 5.46. The normalized spacial score (nSPS) is 10.6. The van der Waals surface area contributed by atoms with Gasteiger partial charge in [0.2, 0.25) is 0 Å². The van der Waals surface area contributed by atoms with E-state index in [1.807, 2.05) is 0 Å². The second-order valence-corrected chi connectivity index (χ2v) is 3.88. The van der Waals surface area contributed by atoms with Crippen molar-refractivity contribution in [2.24, 2.45) is 0 Å². The van der Waals surface area contributed by atoms with Crippen molar-refractivity contribution >= 4 is 28.6 Å². The van der Waals surface area contributed by atoms with Crippen LogP contribution in [0.2, 0.25) is 0 Å². The van der Waals surface area contributed by atoms with Gasteiger partial charge in [0.05, 0.1) is 13.5 Å². The summed E-state index contributed by atoms with van der Waals surface area (Å²) >= 11 is 1.51. The molecule has 3 nitrogen and oxygen atoms in total. The fraction of sp³-hybridized carbons (Fsp3) is 0.333. The number of nitrogens with zero attached hydrogens (tertiary/aromatic N) is 1. The first kappa shape index (κ1) is 13.2. The molecule has 0 radical (unpaired) electrons. The molecule has 0 fully saturated rings. The van der Waals surface area contributed by atoms with Gasteiger partial charge >= 0.3 is 5.97 Å². The lowest BCUT2D eigenvalue weighted by atomic mass is 10.1. The number of hydrogen-bond acceptors (Lipinski definition) is 3. The number of pyridine rings is 1. The smallest absolute Gasteiger partial charge is 0.310 e. The summed E-state index contributed by atoms with van der Waals surface area (Å²) < 4.78 is 42.4. The summed E-state index contributed by atoms with van der Waals surface area (Å²) in [5.41, 5.74) is -0.740. The highest BCUT2D eigenvalue weighted by Gasteiger charge is 2.20. The van der Waals surface area contributed by atoms with Gasteiger partial charge in [0.25, 0.3) is 6.43 Å². The van der Waals surface area contributed by atoms with Crippen molar-refractivity contribution in [2.75, 3.05) is 7.11 Å². The van der Waals surface area contributed by atoms with Crippen molar-refractivity contribution in [3.8, 4) is 0 Å². The summed E-state index contributed by atoms with van der Waals surface area (Å²) in [6, 6.07) is 0.882.